The van der Waals surface area contributed by atoms with Gasteiger partial charge >= 0.3 is 6.03 Å². The Labute approximate surface area is 160 Å². The number of nitriles is 1. The van der Waals surface area contributed by atoms with E-state index in [0.717, 1.165) is 40.9 Å². The number of fused-ring (bicyclic) bond motifs is 1. The fourth-order valence-corrected chi connectivity index (χ4v) is 5.09. The van der Waals surface area contributed by atoms with Crippen LogP contribution in [0.25, 0.3) is 0 Å². The van der Waals surface area contributed by atoms with E-state index in [9.17, 15) is 28.1 Å². The van der Waals surface area contributed by atoms with Crippen LogP contribution in [0.4, 0.5) is 9.80 Å². The molecule has 1 aliphatic heterocycles. The minimum atomic E-state index is -3.27. The predicted molar refractivity (Wildman–Crippen MR) is 98.0 cm³/mol. The van der Waals surface area contributed by atoms with Gasteiger partial charge in [-0.15, -0.1) is 11.3 Å². The van der Waals surface area contributed by atoms with Gasteiger partial charge in [-0.25, -0.2) is 13.2 Å². The van der Waals surface area contributed by atoms with Gasteiger partial charge in [0.1, 0.15) is 33.5 Å². The van der Waals surface area contributed by atoms with E-state index in [2.05, 4.69) is 16.7 Å². The second kappa shape index (κ2) is 7.28. The molecule has 1 fully saturated rings. The molecule has 1 aliphatic carbocycles. The predicted octanol–water partition coefficient (Wildman–Crippen LogP) is 0.402. The number of hydrogen-bond donors (Lipinski definition) is 2. The molecule has 1 atom stereocenters. The molecule has 4 amide bonds. The van der Waals surface area contributed by atoms with Crippen LogP contribution in [-0.2, 0) is 32.3 Å². The highest BCUT2D eigenvalue weighted by molar-refractivity contribution is 7.90. The van der Waals surface area contributed by atoms with Crippen LogP contribution < -0.4 is 10.6 Å². The summed E-state index contributed by atoms with van der Waals surface area (Å²) in [4.78, 5) is 38.4. The Bertz CT molecular complexity index is 960. The van der Waals surface area contributed by atoms with Gasteiger partial charge in [0.2, 0.25) is 5.91 Å². The number of nitrogens with one attached hydrogen (secondary N) is 2. The number of anilines is 1. The van der Waals surface area contributed by atoms with Gasteiger partial charge in [-0.1, -0.05) is 0 Å². The van der Waals surface area contributed by atoms with E-state index in [1.165, 1.54) is 11.3 Å². The number of carbonyl (C=O) groups is 3. The van der Waals surface area contributed by atoms with Gasteiger partial charge in [0, 0.05) is 11.1 Å². The molecular formula is C16H18N4O5S2. The normalized spacial score (nSPS) is 19.0. The molecule has 1 unspecified atom stereocenters. The Balaban J connectivity index is 1.64. The molecule has 3 rings (SSSR count). The first-order valence-corrected chi connectivity index (χ1v) is 11.2. The highest BCUT2D eigenvalue weighted by atomic mass is 32.2. The minimum absolute atomic E-state index is 0.0439. The maximum atomic E-state index is 12.3. The molecule has 0 bridgehead atoms. The van der Waals surface area contributed by atoms with E-state index in [0.29, 0.717) is 10.6 Å². The number of nitrogens with zero attached hydrogens (tertiary/aromatic N) is 2. The molecule has 144 valence electrons. The third kappa shape index (κ3) is 4.12. The summed E-state index contributed by atoms with van der Waals surface area (Å²) in [6.07, 6.45) is 3.67. The van der Waals surface area contributed by atoms with Crippen LogP contribution in [0, 0.1) is 11.3 Å². The molecule has 1 aromatic rings. The highest BCUT2D eigenvalue weighted by Gasteiger charge is 2.39. The maximum absolute atomic E-state index is 12.3. The summed E-state index contributed by atoms with van der Waals surface area (Å²) in [5, 5.41) is 14.8. The lowest BCUT2D eigenvalue weighted by molar-refractivity contribution is -0.130. The summed E-state index contributed by atoms with van der Waals surface area (Å²) in [5.41, 5.74) is 1.41. The second-order valence-corrected chi connectivity index (χ2v) is 9.93. The summed E-state index contributed by atoms with van der Waals surface area (Å²) in [6, 6.07) is 0.418. The van der Waals surface area contributed by atoms with Crippen LogP contribution >= 0.6 is 11.3 Å². The largest absolute Gasteiger partial charge is 0.326 e. The van der Waals surface area contributed by atoms with Gasteiger partial charge in [0.15, 0.2) is 0 Å². The lowest BCUT2D eigenvalue weighted by atomic mass is 10.1. The van der Waals surface area contributed by atoms with Crippen molar-refractivity contribution in [1.82, 2.24) is 10.2 Å². The van der Waals surface area contributed by atoms with Crippen molar-refractivity contribution in [3.63, 3.8) is 0 Å². The molecule has 0 radical (unpaired) electrons. The van der Waals surface area contributed by atoms with Crippen molar-refractivity contribution in [2.45, 2.75) is 31.7 Å². The standard InChI is InChI=1S/C16H18N4O5S2/c1-27(24,25)6-5-11-15(22)20(16(23)18-11)8-13(21)19-14-10(7-17)9-3-2-4-12(9)26-14/h11H,2-6,8H2,1H3,(H,18,23)(H,19,21). The third-order valence-corrected chi connectivity index (χ3v) is 6.66. The maximum Gasteiger partial charge on any atom is 0.325 e. The molecule has 0 aromatic carbocycles. The molecule has 27 heavy (non-hydrogen) atoms. The summed E-state index contributed by atoms with van der Waals surface area (Å²) in [6.45, 7) is -0.493. The van der Waals surface area contributed by atoms with Gasteiger partial charge in [0.05, 0.1) is 11.3 Å². The van der Waals surface area contributed by atoms with E-state index >= 15 is 0 Å². The van der Waals surface area contributed by atoms with Crippen LogP contribution in [0.1, 0.15) is 28.8 Å². The molecule has 11 heteroatoms. The summed E-state index contributed by atoms with van der Waals surface area (Å²) in [5.74, 6) is -1.46. The van der Waals surface area contributed by atoms with Crippen molar-refractivity contribution in [3.05, 3.63) is 16.0 Å². The first kappa shape index (κ1) is 19.3. The van der Waals surface area contributed by atoms with Crippen molar-refractivity contribution in [3.8, 4) is 6.07 Å². The van der Waals surface area contributed by atoms with Crippen molar-refractivity contribution >= 4 is 44.0 Å². The number of urea groups is 1. The van der Waals surface area contributed by atoms with E-state index < -0.39 is 40.3 Å². The molecule has 0 spiro atoms. The number of rotatable bonds is 6. The topological polar surface area (TPSA) is 136 Å². The molecule has 9 nitrogen and oxygen atoms in total. The minimum Gasteiger partial charge on any atom is -0.326 e. The average molecular weight is 410 g/mol. The Morgan fingerprint density at radius 1 is 1.41 bits per heavy atom. The molecule has 2 heterocycles. The molecule has 2 N–H and O–H groups in total. The average Bonchev–Trinajstić information content (AvgIpc) is 3.21. The summed E-state index contributed by atoms with van der Waals surface area (Å²) < 4.78 is 22.5. The molecule has 2 aliphatic rings. The van der Waals surface area contributed by atoms with Crippen molar-refractivity contribution in [2.75, 3.05) is 23.9 Å². The molecule has 0 saturated carbocycles. The van der Waals surface area contributed by atoms with Crippen LogP contribution in [0.15, 0.2) is 0 Å². The third-order valence-electron chi connectivity index (χ3n) is 4.47. The number of aryl methyl sites for hydroxylation is 1. The zero-order chi connectivity index (χ0) is 19.8. The fourth-order valence-electron chi connectivity index (χ4n) is 3.17. The number of amides is 4. The van der Waals surface area contributed by atoms with Crippen LogP contribution in [0.3, 0.4) is 0 Å². The zero-order valence-corrected chi connectivity index (χ0v) is 16.2. The van der Waals surface area contributed by atoms with Crippen LogP contribution in [0.5, 0.6) is 0 Å². The van der Waals surface area contributed by atoms with Crippen LogP contribution in [0.2, 0.25) is 0 Å². The first-order chi connectivity index (χ1) is 12.7. The number of thiophene rings is 1. The Morgan fingerprint density at radius 3 is 2.81 bits per heavy atom. The van der Waals surface area contributed by atoms with Crippen LogP contribution in [-0.4, -0.2) is 55.8 Å². The molecule has 1 aromatic heterocycles. The zero-order valence-electron chi connectivity index (χ0n) is 14.6. The van der Waals surface area contributed by atoms with Crippen molar-refractivity contribution < 1.29 is 22.8 Å². The molecule has 1 saturated heterocycles. The summed E-state index contributed by atoms with van der Waals surface area (Å²) in [7, 11) is -3.27. The lowest BCUT2D eigenvalue weighted by Crippen LogP contribution is -2.38. The van der Waals surface area contributed by atoms with E-state index in [1.807, 2.05) is 0 Å². The molecular weight excluding hydrogens is 392 g/mol. The van der Waals surface area contributed by atoms with Crippen molar-refractivity contribution in [1.29, 1.82) is 5.26 Å². The van der Waals surface area contributed by atoms with Gasteiger partial charge in [-0.2, -0.15) is 5.26 Å². The fraction of sp³-hybridized carbons (Fsp3) is 0.500. The quantitative estimate of drug-likeness (QED) is 0.652. The number of imide groups is 1. The van der Waals surface area contributed by atoms with E-state index in [-0.39, 0.29) is 12.2 Å². The van der Waals surface area contributed by atoms with Gasteiger partial charge in [-0.05, 0) is 31.2 Å². The number of carbonyl (C=O) groups excluding carboxylic acids is 3. The van der Waals surface area contributed by atoms with Gasteiger partial charge in [-0.3, -0.25) is 14.5 Å². The first-order valence-electron chi connectivity index (χ1n) is 8.33. The second-order valence-electron chi connectivity index (χ2n) is 6.57. The summed E-state index contributed by atoms with van der Waals surface area (Å²) >= 11 is 1.35. The Hall–Kier alpha value is -2.45. The smallest absolute Gasteiger partial charge is 0.325 e. The monoisotopic (exact) mass is 410 g/mol. The Kier molecular flexibility index (Phi) is 5.21. The SMILES string of the molecule is CS(=O)(=O)CCC1NC(=O)N(CC(=O)Nc2sc3c(c2C#N)CCC3)C1=O. The highest BCUT2D eigenvalue weighted by Crippen LogP contribution is 2.38. The van der Waals surface area contributed by atoms with E-state index in [4.69, 9.17) is 0 Å². The van der Waals surface area contributed by atoms with Crippen molar-refractivity contribution in [2.24, 2.45) is 0 Å². The lowest BCUT2D eigenvalue weighted by Gasteiger charge is -2.12. The van der Waals surface area contributed by atoms with Gasteiger partial charge < -0.3 is 10.6 Å². The van der Waals surface area contributed by atoms with Gasteiger partial charge in [0.25, 0.3) is 5.91 Å². The number of sulfone groups is 1. The van der Waals surface area contributed by atoms with E-state index in [1.54, 1.807) is 0 Å². The number of hydrogen-bond acceptors (Lipinski definition) is 7. The Morgan fingerprint density at radius 2 is 2.15 bits per heavy atom.